The molecule has 1 aromatic carbocycles. The molecular weight excluding hydrogens is 296 g/mol. The van der Waals surface area contributed by atoms with Gasteiger partial charge in [0.25, 0.3) is 0 Å². The van der Waals surface area contributed by atoms with Crippen molar-refractivity contribution in [3.8, 4) is 0 Å². The molecule has 6 nitrogen and oxygen atoms in total. The highest BCUT2D eigenvalue weighted by Gasteiger charge is 2.31. The maximum absolute atomic E-state index is 12.3. The molecule has 0 aliphatic carbocycles. The quantitative estimate of drug-likeness (QED) is 0.834. The average Bonchev–Trinajstić information content (AvgIpc) is 3.00. The number of benzene rings is 1. The molecule has 1 heterocycles. The van der Waals surface area contributed by atoms with Crippen LogP contribution in [0.5, 0.6) is 0 Å². The number of hydrogen-bond acceptors (Lipinski definition) is 4. The number of likely N-dealkylation sites (tertiary alicyclic amines) is 1. The highest BCUT2D eigenvalue weighted by atomic mass is 16.6. The molecule has 0 unspecified atom stereocenters. The second-order valence-corrected chi connectivity index (χ2v) is 5.75. The zero-order valence-electron chi connectivity index (χ0n) is 13.5. The molecule has 0 saturated carbocycles. The van der Waals surface area contributed by atoms with E-state index in [4.69, 9.17) is 9.84 Å². The number of rotatable bonds is 7. The standard InChI is InChI=1S/C17H24N2O4/c1-2-18(12-16(20)21)11-15-9-6-10-19(15)17(22)23-13-14-7-4-3-5-8-14/h3-5,7-8,15H,2,6,9-13H2,1H3,(H,20,21)/t15-/m1/s1. The predicted octanol–water partition coefficient (Wildman–Crippen LogP) is 2.19. The zero-order valence-corrected chi connectivity index (χ0v) is 13.5. The van der Waals surface area contributed by atoms with Crippen LogP contribution in [0.2, 0.25) is 0 Å². The van der Waals surface area contributed by atoms with Gasteiger partial charge in [-0.3, -0.25) is 9.69 Å². The number of aliphatic carboxylic acids is 1. The molecule has 126 valence electrons. The normalized spacial score (nSPS) is 17.5. The number of likely N-dealkylation sites (N-methyl/N-ethyl adjacent to an activating group) is 1. The number of carbonyl (C=O) groups excluding carboxylic acids is 1. The third-order valence-electron chi connectivity index (χ3n) is 4.09. The van der Waals surface area contributed by atoms with Crippen molar-refractivity contribution in [2.45, 2.75) is 32.4 Å². The fourth-order valence-corrected chi connectivity index (χ4v) is 2.86. The Morgan fingerprint density at radius 2 is 2.09 bits per heavy atom. The van der Waals surface area contributed by atoms with E-state index in [1.165, 1.54) is 0 Å². The molecule has 1 aromatic rings. The van der Waals surface area contributed by atoms with Crippen LogP contribution in [0, 0.1) is 0 Å². The molecule has 2 rings (SSSR count). The van der Waals surface area contributed by atoms with E-state index in [2.05, 4.69) is 0 Å². The van der Waals surface area contributed by atoms with E-state index in [-0.39, 0.29) is 25.3 Å². The summed E-state index contributed by atoms with van der Waals surface area (Å²) in [6.07, 6.45) is 1.49. The van der Waals surface area contributed by atoms with Crippen LogP contribution in [-0.2, 0) is 16.1 Å². The Labute approximate surface area is 136 Å². The maximum Gasteiger partial charge on any atom is 0.410 e. The molecule has 6 heteroatoms. The van der Waals surface area contributed by atoms with E-state index in [0.29, 0.717) is 19.6 Å². The van der Waals surface area contributed by atoms with E-state index in [0.717, 1.165) is 18.4 Å². The molecule has 1 saturated heterocycles. The lowest BCUT2D eigenvalue weighted by Crippen LogP contribution is -2.44. The van der Waals surface area contributed by atoms with Gasteiger partial charge in [-0.2, -0.15) is 0 Å². The first kappa shape index (κ1) is 17.3. The zero-order chi connectivity index (χ0) is 16.7. The third-order valence-corrected chi connectivity index (χ3v) is 4.09. The van der Waals surface area contributed by atoms with Gasteiger partial charge in [0, 0.05) is 19.1 Å². The van der Waals surface area contributed by atoms with Crippen molar-refractivity contribution in [2.24, 2.45) is 0 Å². The van der Waals surface area contributed by atoms with Gasteiger partial charge in [-0.05, 0) is 24.9 Å². The second kappa shape index (κ2) is 8.53. The largest absolute Gasteiger partial charge is 0.480 e. The van der Waals surface area contributed by atoms with Crippen LogP contribution in [-0.4, -0.2) is 59.2 Å². The molecular formula is C17H24N2O4. The molecule has 1 fully saturated rings. The molecule has 0 spiro atoms. The van der Waals surface area contributed by atoms with Crippen LogP contribution in [0.1, 0.15) is 25.3 Å². The summed E-state index contributed by atoms with van der Waals surface area (Å²) in [6.45, 7) is 4.08. The van der Waals surface area contributed by atoms with E-state index < -0.39 is 5.97 Å². The number of carboxylic acids is 1. The van der Waals surface area contributed by atoms with Crippen LogP contribution in [0.15, 0.2) is 30.3 Å². The summed E-state index contributed by atoms with van der Waals surface area (Å²) in [5.41, 5.74) is 0.956. The van der Waals surface area contributed by atoms with Crippen LogP contribution >= 0.6 is 0 Å². The van der Waals surface area contributed by atoms with Crippen molar-refractivity contribution >= 4 is 12.1 Å². The monoisotopic (exact) mass is 320 g/mol. The summed E-state index contributed by atoms with van der Waals surface area (Å²) in [7, 11) is 0. The summed E-state index contributed by atoms with van der Waals surface area (Å²) < 4.78 is 5.39. The van der Waals surface area contributed by atoms with Gasteiger partial charge < -0.3 is 14.7 Å². The van der Waals surface area contributed by atoms with Gasteiger partial charge in [0.1, 0.15) is 6.61 Å². The number of hydrogen-bond donors (Lipinski definition) is 1. The first-order chi connectivity index (χ1) is 11.1. The van der Waals surface area contributed by atoms with Gasteiger partial charge in [-0.25, -0.2) is 4.79 Å². The van der Waals surface area contributed by atoms with Crippen molar-refractivity contribution in [2.75, 3.05) is 26.2 Å². The van der Waals surface area contributed by atoms with Gasteiger partial charge in [-0.15, -0.1) is 0 Å². The summed E-state index contributed by atoms with van der Waals surface area (Å²) in [5, 5.41) is 8.93. The van der Waals surface area contributed by atoms with E-state index >= 15 is 0 Å². The van der Waals surface area contributed by atoms with Crippen molar-refractivity contribution in [3.05, 3.63) is 35.9 Å². The topological polar surface area (TPSA) is 70.1 Å². The van der Waals surface area contributed by atoms with E-state index in [1.54, 1.807) is 4.90 Å². The minimum absolute atomic E-state index is 0.0000963. The number of ether oxygens (including phenoxy) is 1. The Balaban J connectivity index is 1.87. The summed E-state index contributed by atoms with van der Waals surface area (Å²) in [4.78, 5) is 26.7. The average molecular weight is 320 g/mol. The number of carboxylic acid groups (broad SMARTS) is 1. The minimum Gasteiger partial charge on any atom is -0.480 e. The Morgan fingerprint density at radius 3 is 2.74 bits per heavy atom. The van der Waals surface area contributed by atoms with Crippen LogP contribution in [0.4, 0.5) is 4.79 Å². The molecule has 1 atom stereocenters. The minimum atomic E-state index is -0.844. The summed E-state index contributed by atoms with van der Waals surface area (Å²) in [5.74, 6) is -0.844. The molecule has 23 heavy (non-hydrogen) atoms. The van der Waals surface area contributed by atoms with Gasteiger partial charge in [0.2, 0.25) is 0 Å². The molecule has 0 aromatic heterocycles. The first-order valence-corrected chi connectivity index (χ1v) is 8.01. The third kappa shape index (κ3) is 5.25. The van der Waals surface area contributed by atoms with E-state index in [1.807, 2.05) is 42.2 Å². The molecule has 1 aliphatic heterocycles. The lowest BCUT2D eigenvalue weighted by Gasteiger charge is -2.28. The second-order valence-electron chi connectivity index (χ2n) is 5.75. The molecule has 1 N–H and O–H groups in total. The number of amides is 1. The van der Waals surface area contributed by atoms with Gasteiger partial charge >= 0.3 is 12.1 Å². The SMILES string of the molecule is CCN(CC(=O)O)C[C@H]1CCCN1C(=O)OCc1ccccc1. The van der Waals surface area contributed by atoms with Crippen molar-refractivity contribution in [1.82, 2.24) is 9.80 Å². The Hall–Kier alpha value is -2.08. The van der Waals surface area contributed by atoms with Gasteiger partial charge in [-0.1, -0.05) is 37.3 Å². The number of nitrogens with zero attached hydrogens (tertiary/aromatic N) is 2. The van der Waals surface area contributed by atoms with Crippen LogP contribution in [0.3, 0.4) is 0 Å². The maximum atomic E-state index is 12.3. The van der Waals surface area contributed by atoms with Gasteiger partial charge in [0.15, 0.2) is 0 Å². The Kier molecular flexibility index (Phi) is 6.40. The highest BCUT2D eigenvalue weighted by Crippen LogP contribution is 2.20. The van der Waals surface area contributed by atoms with E-state index in [9.17, 15) is 9.59 Å². The Morgan fingerprint density at radius 1 is 1.35 bits per heavy atom. The molecule has 0 bridgehead atoms. The lowest BCUT2D eigenvalue weighted by molar-refractivity contribution is -0.138. The van der Waals surface area contributed by atoms with Crippen molar-refractivity contribution < 1.29 is 19.4 Å². The van der Waals surface area contributed by atoms with Crippen LogP contribution < -0.4 is 0 Å². The smallest absolute Gasteiger partial charge is 0.410 e. The molecule has 0 radical (unpaired) electrons. The van der Waals surface area contributed by atoms with Crippen molar-refractivity contribution in [3.63, 3.8) is 0 Å². The fourth-order valence-electron chi connectivity index (χ4n) is 2.86. The van der Waals surface area contributed by atoms with Crippen LogP contribution in [0.25, 0.3) is 0 Å². The summed E-state index contributed by atoms with van der Waals surface area (Å²) in [6, 6.07) is 9.60. The molecule has 1 aliphatic rings. The highest BCUT2D eigenvalue weighted by molar-refractivity contribution is 5.69. The van der Waals surface area contributed by atoms with Gasteiger partial charge in [0.05, 0.1) is 6.54 Å². The van der Waals surface area contributed by atoms with Crippen molar-refractivity contribution in [1.29, 1.82) is 0 Å². The summed E-state index contributed by atoms with van der Waals surface area (Å²) >= 11 is 0. The number of carbonyl (C=O) groups is 2. The first-order valence-electron chi connectivity index (χ1n) is 8.01. The Bertz CT molecular complexity index is 521. The molecule has 1 amide bonds. The predicted molar refractivity (Wildman–Crippen MR) is 86.1 cm³/mol. The fraction of sp³-hybridized carbons (Fsp3) is 0.529. The lowest BCUT2D eigenvalue weighted by atomic mass is 10.2.